The van der Waals surface area contributed by atoms with Crippen LogP contribution in [0.4, 0.5) is 0 Å². The summed E-state index contributed by atoms with van der Waals surface area (Å²) in [7, 11) is 0. The second-order valence-electron chi connectivity index (χ2n) is 4.45. The Morgan fingerprint density at radius 3 is 2.61 bits per heavy atom. The van der Waals surface area contributed by atoms with Gasteiger partial charge in [0.15, 0.2) is 11.5 Å². The summed E-state index contributed by atoms with van der Waals surface area (Å²) in [5, 5.41) is 0. The molecule has 2 N–H and O–H groups in total. The average molecular weight is 249 g/mol. The summed E-state index contributed by atoms with van der Waals surface area (Å²) in [5.74, 6) is 1.52. The summed E-state index contributed by atoms with van der Waals surface area (Å²) in [6.07, 6.45) is 2.55. The van der Waals surface area contributed by atoms with Crippen molar-refractivity contribution < 1.29 is 9.47 Å². The highest BCUT2D eigenvalue weighted by Gasteiger charge is 2.09. The van der Waals surface area contributed by atoms with Crippen LogP contribution in [0, 0.1) is 0 Å². The number of hydrogen-bond acceptors (Lipinski definition) is 3. The predicted octanol–water partition coefficient (Wildman–Crippen LogP) is 2.93. The molecular weight excluding hydrogens is 226 g/mol. The van der Waals surface area contributed by atoms with Crippen molar-refractivity contribution >= 4 is 0 Å². The van der Waals surface area contributed by atoms with Crippen molar-refractivity contribution in [2.24, 2.45) is 5.73 Å². The minimum absolute atomic E-state index is 0.0384. The van der Waals surface area contributed by atoms with E-state index in [-0.39, 0.29) is 12.1 Å². The van der Waals surface area contributed by atoms with E-state index >= 15 is 0 Å². The zero-order valence-corrected chi connectivity index (χ0v) is 11.5. The Balaban J connectivity index is 2.92. The van der Waals surface area contributed by atoms with Crippen LogP contribution in [0.25, 0.3) is 0 Å². The molecule has 1 rings (SSSR count). The Bertz CT molecular complexity index is 388. The first-order chi connectivity index (χ1) is 8.56. The van der Waals surface area contributed by atoms with Crippen LogP contribution in [0.5, 0.6) is 11.5 Å². The molecule has 0 bridgehead atoms. The quantitative estimate of drug-likeness (QED) is 0.756. The number of nitrogens with two attached hydrogens (primary N) is 1. The Morgan fingerprint density at radius 2 is 2.06 bits per heavy atom. The van der Waals surface area contributed by atoms with E-state index in [0.29, 0.717) is 6.61 Å². The molecule has 0 aliphatic carbocycles. The summed E-state index contributed by atoms with van der Waals surface area (Å²) >= 11 is 0. The zero-order valence-electron chi connectivity index (χ0n) is 11.5. The summed E-state index contributed by atoms with van der Waals surface area (Å²) in [4.78, 5) is 0. The average Bonchev–Trinajstić information content (AvgIpc) is 2.32. The van der Waals surface area contributed by atoms with E-state index in [1.165, 1.54) is 0 Å². The fourth-order valence-corrected chi connectivity index (χ4v) is 1.67. The maximum absolute atomic E-state index is 5.80. The molecule has 0 saturated carbocycles. The van der Waals surface area contributed by atoms with Gasteiger partial charge in [-0.15, -0.1) is 0 Å². The van der Waals surface area contributed by atoms with Crippen LogP contribution < -0.4 is 15.2 Å². The maximum atomic E-state index is 5.80. The molecule has 0 saturated heterocycles. The molecule has 100 valence electrons. The zero-order chi connectivity index (χ0) is 13.5. The van der Waals surface area contributed by atoms with E-state index in [2.05, 4.69) is 6.58 Å². The van der Waals surface area contributed by atoms with E-state index in [0.717, 1.165) is 23.5 Å². The molecule has 0 aliphatic rings. The topological polar surface area (TPSA) is 44.5 Å². The van der Waals surface area contributed by atoms with Gasteiger partial charge in [-0.3, -0.25) is 0 Å². The molecular formula is C15H23NO2. The fraction of sp³-hybridized carbons (Fsp3) is 0.467. The van der Waals surface area contributed by atoms with Gasteiger partial charge in [-0.2, -0.15) is 0 Å². The van der Waals surface area contributed by atoms with Gasteiger partial charge in [-0.05, 0) is 44.9 Å². The minimum Gasteiger partial charge on any atom is -0.490 e. The van der Waals surface area contributed by atoms with Crippen LogP contribution in [0.15, 0.2) is 30.9 Å². The predicted molar refractivity (Wildman–Crippen MR) is 75.3 cm³/mol. The lowest BCUT2D eigenvalue weighted by molar-refractivity contribution is 0.245. The fourth-order valence-electron chi connectivity index (χ4n) is 1.67. The van der Waals surface area contributed by atoms with E-state index in [4.69, 9.17) is 15.2 Å². The smallest absolute Gasteiger partial charge is 0.162 e. The molecule has 1 aromatic rings. The summed E-state index contributed by atoms with van der Waals surface area (Å²) in [5.41, 5.74) is 6.96. The first-order valence-corrected chi connectivity index (χ1v) is 6.37. The molecule has 0 fully saturated rings. The standard InChI is InChI=1S/C15H23NO2/c1-5-12(4)18-14-8-7-13(9-11(3)16)10-15(14)17-6-2/h5,7-8,10-12H,1,6,9,16H2,2-4H3. The van der Waals surface area contributed by atoms with Gasteiger partial charge in [0.05, 0.1) is 6.61 Å². The second-order valence-corrected chi connectivity index (χ2v) is 4.45. The lowest BCUT2D eigenvalue weighted by atomic mass is 10.1. The molecule has 2 atom stereocenters. The largest absolute Gasteiger partial charge is 0.490 e. The molecule has 0 spiro atoms. The Morgan fingerprint density at radius 1 is 1.33 bits per heavy atom. The molecule has 1 aromatic carbocycles. The maximum Gasteiger partial charge on any atom is 0.162 e. The van der Waals surface area contributed by atoms with E-state index in [1.54, 1.807) is 6.08 Å². The Labute approximate surface area is 110 Å². The van der Waals surface area contributed by atoms with Crippen LogP contribution in [0.3, 0.4) is 0 Å². The van der Waals surface area contributed by atoms with Crippen molar-refractivity contribution in [1.29, 1.82) is 0 Å². The first kappa shape index (κ1) is 14.6. The molecule has 2 unspecified atom stereocenters. The van der Waals surface area contributed by atoms with Gasteiger partial charge in [0.1, 0.15) is 6.10 Å². The van der Waals surface area contributed by atoms with Crippen molar-refractivity contribution in [2.45, 2.75) is 39.3 Å². The SMILES string of the molecule is C=CC(C)Oc1ccc(CC(C)N)cc1OCC. The lowest BCUT2D eigenvalue weighted by Gasteiger charge is -2.16. The van der Waals surface area contributed by atoms with Crippen molar-refractivity contribution in [1.82, 2.24) is 0 Å². The monoisotopic (exact) mass is 249 g/mol. The van der Waals surface area contributed by atoms with Gasteiger partial charge in [-0.1, -0.05) is 18.7 Å². The van der Waals surface area contributed by atoms with Gasteiger partial charge in [0, 0.05) is 6.04 Å². The van der Waals surface area contributed by atoms with Crippen LogP contribution in [-0.4, -0.2) is 18.8 Å². The van der Waals surface area contributed by atoms with Crippen LogP contribution in [0.1, 0.15) is 26.3 Å². The Kier molecular flexibility index (Phi) is 5.72. The second kappa shape index (κ2) is 7.07. The Hall–Kier alpha value is -1.48. The van der Waals surface area contributed by atoms with Gasteiger partial charge >= 0.3 is 0 Å². The van der Waals surface area contributed by atoms with Crippen LogP contribution in [-0.2, 0) is 6.42 Å². The van der Waals surface area contributed by atoms with Crippen molar-refractivity contribution in [3.05, 3.63) is 36.4 Å². The summed E-state index contributed by atoms with van der Waals surface area (Å²) in [6, 6.07) is 6.09. The number of hydrogen-bond donors (Lipinski definition) is 1. The van der Waals surface area contributed by atoms with E-state index < -0.39 is 0 Å². The summed E-state index contributed by atoms with van der Waals surface area (Å²) in [6.45, 7) is 10.2. The number of benzene rings is 1. The van der Waals surface area contributed by atoms with Gasteiger partial charge in [-0.25, -0.2) is 0 Å². The van der Waals surface area contributed by atoms with Crippen molar-refractivity contribution in [2.75, 3.05) is 6.61 Å². The molecule has 0 heterocycles. The first-order valence-electron chi connectivity index (χ1n) is 6.37. The molecule has 0 aromatic heterocycles. The third kappa shape index (κ3) is 4.41. The van der Waals surface area contributed by atoms with Crippen LogP contribution >= 0.6 is 0 Å². The van der Waals surface area contributed by atoms with Gasteiger partial charge in [0.25, 0.3) is 0 Å². The number of rotatable bonds is 7. The van der Waals surface area contributed by atoms with Gasteiger partial charge in [0.2, 0.25) is 0 Å². The van der Waals surface area contributed by atoms with Crippen molar-refractivity contribution in [3.63, 3.8) is 0 Å². The van der Waals surface area contributed by atoms with Crippen LogP contribution in [0.2, 0.25) is 0 Å². The third-order valence-corrected chi connectivity index (χ3v) is 2.51. The lowest BCUT2D eigenvalue weighted by Crippen LogP contribution is -2.17. The normalized spacial score (nSPS) is 13.8. The highest BCUT2D eigenvalue weighted by atomic mass is 16.5. The minimum atomic E-state index is -0.0384. The molecule has 3 nitrogen and oxygen atoms in total. The summed E-state index contributed by atoms with van der Waals surface area (Å²) < 4.78 is 11.3. The highest BCUT2D eigenvalue weighted by molar-refractivity contribution is 5.43. The van der Waals surface area contributed by atoms with Crippen molar-refractivity contribution in [3.8, 4) is 11.5 Å². The van der Waals surface area contributed by atoms with Gasteiger partial charge < -0.3 is 15.2 Å². The van der Waals surface area contributed by atoms with E-state index in [1.807, 2.05) is 39.0 Å². The molecule has 3 heteroatoms. The highest BCUT2D eigenvalue weighted by Crippen LogP contribution is 2.29. The molecule has 0 aliphatic heterocycles. The molecule has 0 radical (unpaired) electrons. The van der Waals surface area contributed by atoms with E-state index in [9.17, 15) is 0 Å². The third-order valence-electron chi connectivity index (χ3n) is 2.51. The molecule has 0 amide bonds. The number of ether oxygens (including phenoxy) is 2. The molecule has 18 heavy (non-hydrogen) atoms.